The number of anilines is 1. The van der Waals surface area contributed by atoms with Crippen LogP contribution in [-0.4, -0.2) is 20.2 Å². The Labute approximate surface area is 125 Å². The van der Waals surface area contributed by atoms with Gasteiger partial charge in [0.25, 0.3) is 0 Å². The van der Waals surface area contributed by atoms with Crippen LogP contribution in [0.4, 0.5) is 10.5 Å². The lowest BCUT2D eigenvalue weighted by molar-refractivity contribution is 0.254. The highest BCUT2D eigenvalue weighted by atomic mass is 16.5. The largest absolute Gasteiger partial charge is 0.497 e. The lowest BCUT2D eigenvalue weighted by atomic mass is 10.1. The molecule has 0 fully saturated rings. The number of hydrogen-bond donors (Lipinski definition) is 2. The van der Waals surface area contributed by atoms with Crippen molar-refractivity contribution >= 4 is 33.7 Å². The molecule has 3 rings (SSSR count). The van der Waals surface area contributed by atoms with Crippen LogP contribution in [0.15, 0.2) is 45.6 Å². The molecule has 6 nitrogen and oxygen atoms in total. The van der Waals surface area contributed by atoms with Gasteiger partial charge in [0.05, 0.1) is 17.9 Å². The van der Waals surface area contributed by atoms with Crippen LogP contribution in [0.3, 0.4) is 0 Å². The summed E-state index contributed by atoms with van der Waals surface area (Å²) in [5.74, 6) is 0.582. The summed E-state index contributed by atoms with van der Waals surface area (Å²) in [7, 11) is 3.06. The van der Waals surface area contributed by atoms with E-state index in [1.54, 1.807) is 36.4 Å². The highest BCUT2D eigenvalue weighted by Crippen LogP contribution is 2.24. The molecule has 6 heteroatoms. The van der Waals surface area contributed by atoms with E-state index in [1.165, 1.54) is 14.2 Å². The first-order valence-corrected chi connectivity index (χ1v) is 6.65. The van der Waals surface area contributed by atoms with Gasteiger partial charge in [-0.25, -0.2) is 4.79 Å². The fourth-order valence-corrected chi connectivity index (χ4v) is 2.23. The van der Waals surface area contributed by atoms with Gasteiger partial charge in [-0.1, -0.05) is 0 Å². The molecular weight excluding hydrogens is 284 g/mol. The Balaban J connectivity index is 2.22. The molecule has 2 aromatic carbocycles. The number of urea groups is 1. The number of carbonyl (C=O) groups excluding carboxylic acids is 1. The molecule has 0 spiro atoms. The van der Waals surface area contributed by atoms with Gasteiger partial charge in [0.15, 0.2) is 0 Å². The monoisotopic (exact) mass is 298 g/mol. The molecule has 2 amide bonds. The van der Waals surface area contributed by atoms with Crippen molar-refractivity contribution in [2.24, 2.45) is 0 Å². The number of nitrogens with one attached hydrogen (secondary N) is 2. The average molecular weight is 298 g/mol. The van der Waals surface area contributed by atoms with Crippen molar-refractivity contribution in [2.45, 2.75) is 0 Å². The molecule has 0 aliphatic rings. The summed E-state index contributed by atoms with van der Waals surface area (Å²) in [6.07, 6.45) is 0. The highest BCUT2D eigenvalue weighted by Gasteiger charge is 2.10. The molecule has 112 valence electrons. The van der Waals surface area contributed by atoms with E-state index in [1.807, 2.05) is 0 Å². The Hall–Kier alpha value is -3.02. The summed E-state index contributed by atoms with van der Waals surface area (Å²) < 4.78 is 10.9. The molecule has 0 saturated heterocycles. The second-order valence-corrected chi connectivity index (χ2v) is 4.71. The average Bonchev–Trinajstić information content (AvgIpc) is 2.55. The van der Waals surface area contributed by atoms with Crippen LogP contribution in [0.5, 0.6) is 5.75 Å². The lowest BCUT2D eigenvalue weighted by Crippen LogP contribution is -2.24. The molecule has 3 aromatic rings. The summed E-state index contributed by atoms with van der Waals surface area (Å²) in [6, 6.07) is 9.65. The number of methoxy groups -OCH3 is 1. The predicted octanol–water partition coefficient (Wildman–Crippen LogP) is 2.71. The first kappa shape index (κ1) is 13.9. The predicted molar refractivity (Wildman–Crippen MR) is 84.6 cm³/mol. The maximum Gasteiger partial charge on any atom is 0.318 e. The zero-order valence-corrected chi connectivity index (χ0v) is 12.1. The first-order valence-electron chi connectivity index (χ1n) is 6.65. The lowest BCUT2D eigenvalue weighted by Gasteiger charge is -2.07. The molecule has 0 unspecified atom stereocenters. The van der Waals surface area contributed by atoms with Gasteiger partial charge in [-0.3, -0.25) is 4.79 Å². The Kier molecular flexibility index (Phi) is 3.42. The quantitative estimate of drug-likeness (QED) is 0.713. The number of benzene rings is 2. The molecule has 1 aromatic heterocycles. The molecule has 0 saturated carbocycles. The van der Waals surface area contributed by atoms with Crippen LogP contribution in [0.1, 0.15) is 0 Å². The zero-order valence-electron chi connectivity index (χ0n) is 12.1. The van der Waals surface area contributed by atoms with E-state index in [9.17, 15) is 9.59 Å². The van der Waals surface area contributed by atoms with E-state index in [2.05, 4.69) is 10.6 Å². The molecule has 0 radical (unpaired) electrons. The topological polar surface area (TPSA) is 80.6 Å². The minimum atomic E-state index is -0.355. The summed E-state index contributed by atoms with van der Waals surface area (Å²) in [6.45, 7) is 0. The van der Waals surface area contributed by atoms with Crippen molar-refractivity contribution in [1.29, 1.82) is 0 Å². The SMILES string of the molecule is CNC(=O)Nc1ccc2oc3ccc(OC)cc3c(=O)c2c1. The van der Waals surface area contributed by atoms with Crippen LogP contribution in [0.25, 0.3) is 21.9 Å². The minimum Gasteiger partial charge on any atom is -0.497 e. The third-order valence-corrected chi connectivity index (χ3v) is 3.36. The number of carbonyl (C=O) groups is 1. The number of hydrogen-bond acceptors (Lipinski definition) is 4. The molecule has 0 aliphatic heterocycles. The second kappa shape index (κ2) is 5.40. The highest BCUT2D eigenvalue weighted by molar-refractivity contribution is 5.95. The first-order chi connectivity index (χ1) is 10.6. The van der Waals surface area contributed by atoms with E-state index in [4.69, 9.17) is 9.15 Å². The maximum absolute atomic E-state index is 12.6. The summed E-state index contributed by atoms with van der Waals surface area (Å²) in [5.41, 5.74) is 1.30. The second-order valence-electron chi connectivity index (χ2n) is 4.71. The smallest absolute Gasteiger partial charge is 0.318 e. The van der Waals surface area contributed by atoms with E-state index in [-0.39, 0.29) is 11.5 Å². The van der Waals surface area contributed by atoms with Gasteiger partial charge >= 0.3 is 6.03 Å². The zero-order chi connectivity index (χ0) is 15.7. The Morgan fingerprint density at radius 1 is 1.09 bits per heavy atom. The van der Waals surface area contributed by atoms with Crippen LogP contribution in [0, 0.1) is 0 Å². The summed E-state index contributed by atoms with van der Waals surface area (Å²) >= 11 is 0. The van der Waals surface area contributed by atoms with Gasteiger partial charge < -0.3 is 19.8 Å². The normalized spacial score (nSPS) is 10.6. The van der Waals surface area contributed by atoms with Crippen molar-refractivity contribution in [3.05, 3.63) is 46.6 Å². The Morgan fingerprint density at radius 2 is 1.77 bits per heavy atom. The molecule has 0 bridgehead atoms. The van der Waals surface area contributed by atoms with E-state index in [0.29, 0.717) is 33.4 Å². The van der Waals surface area contributed by atoms with Crippen molar-refractivity contribution < 1.29 is 13.9 Å². The summed E-state index contributed by atoms with van der Waals surface area (Å²) in [4.78, 5) is 24.0. The van der Waals surface area contributed by atoms with Gasteiger partial charge in [-0.2, -0.15) is 0 Å². The van der Waals surface area contributed by atoms with Gasteiger partial charge in [0.2, 0.25) is 5.43 Å². The number of amides is 2. The van der Waals surface area contributed by atoms with E-state index < -0.39 is 0 Å². The van der Waals surface area contributed by atoms with Crippen LogP contribution in [0.2, 0.25) is 0 Å². The van der Waals surface area contributed by atoms with Gasteiger partial charge in [0, 0.05) is 12.7 Å². The molecule has 2 N–H and O–H groups in total. The molecule has 22 heavy (non-hydrogen) atoms. The van der Waals surface area contributed by atoms with Crippen molar-refractivity contribution in [2.75, 3.05) is 19.5 Å². The fourth-order valence-electron chi connectivity index (χ4n) is 2.23. The van der Waals surface area contributed by atoms with Gasteiger partial charge in [-0.15, -0.1) is 0 Å². The summed E-state index contributed by atoms with van der Waals surface area (Å²) in [5, 5.41) is 5.91. The molecular formula is C16H14N2O4. The number of rotatable bonds is 2. The Bertz CT molecular complexity index is 930. The Morgan fingerprint density at radius 3 is 2.45 bits per heavy atom. The third kappa shape index (κ3) is 2.35. The third-order valence-electron chi connectivity index (χ3n) is 3.36. The molecule has 0 aliphatic carbocycles. The van der Waals surface area contributed by atoms with Crippen LogP contribution >= 0.6 is 0 Å². The van der Waals surface area contributed by atoms with Gasteiger partial charge in [0.1, 0.15) is 16.9 Å². The maximum atomic E-state index is 12.6. The van der Waals surface area contributed by atoms with Crippen molar-refractivity contribution in [3.63, 3.8) is 0 Å². The van der Waals surface area contributed by atoms with E-state index >= 15 is 0 Å². The van der Waals surface area contributed by atoms with E-state index in [0.717, 1.165) is 0 Å². The number of ether oxygens (including phenoxy) is 1. The van der Waals surface area contributed by atoms with Gasteiger partial charge in [-0.05, 0) is 36.4 Å². The fraction of sp³-hybridized carbons (Fsp3) is 0.125. The minimum absolute atomic E-state index is 0.171. The van der Waals surface area contributed by atoms with Crippen molar-refractivity contribution in [3.8, 4) is 5.75 Å². The van der Waals surface area contributed by atoms with Crippen molar-refractivity contribution in [1.82, 2.24) is 5.32 Å². The molecule has 1 heterocycles. The van der Waals surface area contributed by atoms with Crippen LogP contribution < -0.4 is 20.8 Å². The molecule has 0 atom stereocenters. The van der Waals surface area contributed by atoms with Crippen LogP contribution in [-0.2, 0) is 0 Å². The number of fused-ring (bicyclic) bond motifs is 2. The standard InChI is InChI=1S/C16H14N2O4/c1-17-16(20)18-9-3-5-13-11(7-9)15(19)12-8-10(21-2)4-6-14(12)22-13/h3-8H,1-2H3,(H2,17,18,20).